The number of benzene rings is 1. The summed E-state index contributed by atoms with van der Waals surface area (Å²) in [5.41, 5.74) is 2.11. The van der Waals surface area contributed by atoms with Crippen molar-refractivity contribution < 1.29 is 19.1 Å². The molecule has 2 N–H and O–H groups in total. The molecule has 7 heteroatoms. The average molecular weight is 476 g/mol. The summed E-state index contributed by atoms with van der Waals surface area (Å²) < 4.78 is 5.39. The second-order valence-electron chi connectivity index (χ2n) is 10.2. The van der Waals surface area contributed by atoms with Gasteiger partial charge in [0.1, 0.15) is 17.7 Å². The number of aryl methyl sites for hydroxylation is 2. The van der Waals surface area contributed by atoms with Crippen LogP contribution in [0.2, 0.25) is 0 Å². The van der Waals surface area contributed by atoms with Crippen molar-refractivity contribution >= 4 is 17.9 Å². The van der Waals surface area contributed by atoms with Crippen molar-refractivity contribution in [2.75, 3.05) is 13.6 Å². The lowest BCUT2D eigenvalue weighted by molar-refractivity contribution is -0.141. The van der Waals surface area contributed by atoms with Crippen LogP contribution in [0.5, 0.6) is 0 Å². The molecular weight excluding hydrogens is 430 g/mol. The SMILES string of the molecule is CCCCCNC(=O)C(c1ccc(C)cc1C)N(C)C(=O)C(NC(=O)OC(C)(C)C)C(C)CC. The van der Waals surface area contributed by atoms with Crippen LogP contribution in [0, 0.1) is 19.8 Å². The zero-order valence-corrected chi connectivity index (χ0v) is 22.6. The van der Waals surface area contributed by atoms with Gasteiger partial charge in [-0.1, -0.05) is 63.8 Å². The van der Waals surface area contributed by atoms with Crippen LogP contribution >= 0.6 is 0 Å². The molecule has 0 aliphatic heterocycles. The highest BCUT2D eigenvalue weighted by atomic mass is 16.6. The smallest absolute Gasteiger partial charge is 0.408 e. The minimum absolute atomic E-state index is 0.144. The first-order valence-corrected chi connectivity index (χ1v) is 12.4. The fraction of sp³-hybridized carbons (Fsp3) is 0.667. The number of carbonyl (C=O) groups excluding carboxylic acids is 3. The van der Waals surface area contributed by atoms with Gasteiger partial charge in [-0.3, -0.25) is 9.59 Å². The van der Waals surface area contributed by atoms with Gasteiger partial charge < -0.3 is 20.3 Å². The largest absolute Gasteiger partial charge is 0.444 e. The number of amides is 3. The molecule has 0 radical (unpaired) electrons. The van der Waals surface area contributed by atoms with Crippen LogP contribution in [0.1, 0.15) is 90.0 Å². The Balaban J connectivity index is 3.27. The van der Waals surface area contributed by atoms with E-state index < -0.39 is 23.8 Å². The molecule has 0 aromatic heterocycles. The van der Waals surface area contributed by atoms with E-state index in [1.54, 1.807) is 27.8 Å². The number of nitrogens with zero attached hydrogens (tertiary/aromatic N) is 1. The number of rotatable bonds is 11. The number of ether oxygens (including phenoxy) is 1. The molecule has 192 valence electrons. The van der Waals surface area contributed by atoms with E-state index in [1.807, 2.05) is 45.9 Å². The minimum atomic E-state index is -0.814. The highest BCUT2D eigenvalue weighted by Crippen LogP contribution is 2.26. The Morgan fingerprint density at radius 2 is 1.74 bits per heavy atom. The minimum Gasteiger partial charge on any atom is -0.444 e. The van der Waals surface area contributed by atoms with Gasteiger partial charge in [-0.2, -0.15) is 0 Å². The topological polar surface area (TPSA) is 87.7 Å². The van der Waals surface area contributed by atoms with Crippen LogP contribution in [0.15, 0.2) is 18.2 Å². The summed E-state index contributed by atoms with van der Waals surface area (Å²) in [7, 11) is 1.63. The number of hydrogen-bond acceptors (Lipinski definition) is 4. The number of hydrogen-bond donors (Lipinski definition) is 2. The van der Waals surface area contributed by atoms with Crippen LogP contribution in [0.4, 0.5) is 4.79 Å². The summed E-state index contributed by atoms with van der Waals surface area (Å²) in [5, 5.41) is 5.75. The molecule has 7 nitrogen and oxygen atoms in total. The van der Waals surface area contributed by atoms with Gasteiger partial charge in [0.2, 0.25) is 11.8 Å². The predicted molar refractivity (Wildman–Crippen MR) is 137 cm³/mol. The van der Waals surface area contributed by atoms with Gasteiger partial charge in [-0.05, 0) is 58.1 Å². The zero-order valence-electron chi connectivity index (χ0n) is 22.6. The zero-order chi connectivity index (χ0) is 26.1. The maximum absolute atomic E-state index is 13.7. The number of alkyl carbamates (subject to hydrolysis) is 1. The molecule has 0 aliphatic rings. The standard InChI is InChI=1S/C27H45N3O4/c1-10-12-13-16-28-24(31)23(21-15-14-18(3)17-20(21)5)30(9)25(32)22(19(4)11-2)29-26(33)34-27(6,7)8/h14-15,17,19,22-23H,10-13,16H2,1-9H3,(H,28,31)(H,29,33). The Bertz CT molecular complexity index is 832. The number of likely N-dealkylation sites (N-methyl/N-ethyl adjacent to an activating group) is 1. The summed E-state index contributed by atoms with van der Waals surface area (Å²) in [6.07, 6.45) is 3.00. The van der Waals surface area contributed by atoms with E-state index in [0.717, 1.165) is 36.0 Å². The quantitative estimate of drug-likeness (QED) is 0.439. The summed E-state index contributed by atoms with van der Waals surface area (Å²) >= 11 is 0. The maximum atomic E-state index is 13.7. The molecule has 0 spiro atoms. The number of carbonyl (C=O) groups is 3. The molecule has 1 aromatic rings. The summed E-state index contributed by atoms with van der Waals surface area (Å²) in [5.74, 6) is -0.692. The highest BCUT2D eigenvalue weighted by molar-refractivity contribution is 5.92. The Morgan fingerprint density at radius 1 is 1.09 bits per heavy atom. The van der Waals surface area contributed by atoms with Crippen molar-refractivity contribution in [3.05, 3.63) is 34.9 Å². The van der Waals surface area contributed by atoms with Crippen molar-refractivity contribution in [1.82, 2.24) is 15.5 Å². The Kier molecular flexibility index (Phi) is 11.6. The molecule has 0 saturated heterocycles. The molecule has 3 unspecified atom stereocenters. The molecule has 34 heavy (non-hydrogen) atoms. The lowest BCUT2D eigenvalue weighted by Gasteiger charge is -2.34. The molecule has 3 atom stereocenters. The molecule has 0 aliphatic carbocycles. The second kappa shape index (κ2) is 13.4. The average Bonchev–Trinajstić information content (AvgIpc) is 2.74. The third-order valence-corrected chi connectivity index (χ3v) is 5.93. The van der Waals surface area contributed by atoms with Gasteiger partial charge in [0.05, 0.1) is 0 Å². The molecule has 0 heterocycles. The van der Waals surface area contributed by atoms with Gasteiger partial charge in [0.15, 0.2) is 0 Å². The fourth-order valence-corrected chi connectivity index (χ4v) is 3.81. The third kappa shape index (κ3) is 8.99. The van der Waals surface area contributed by atoms with Crippen LogP contribution in [0.3, 0.4) is 0 Å². The molecule has 0 saturated carbocycles. The molecular formula is C27H45N3O4. The van der Waals surface area contributed by atoms with E-state index in [0.29, 0.717) is 13.0 Å². The second-order valence-corrected chi connectivity index (χ2v) is 10.2. The van der Waals surface area contributed by atoms with Crippen LogP contribution in [-0.2, 0) is 14.3 Å². The van der Waals surface area contributed by atoms with E-state index in [9.17, 15) is 14.4 Å². The lowest BCUT2D eigenvalue weighted by atomic mass is 9.94. The predicted octanol–water partition coefficient (Wildman–Crippen LogP) is 5.05. The summed E-state index contributed by atoms with van der Waals surface area (Å²) in [6, 6.07) is 4.25. The Labute approximate surface area is 206 Å². The van der Waals surface area contributed by atoms with Crippen molar-refractivity contribution in [3.8, 4) is 0 Å². The van der Waals surface area contributed by atoms with Crippen molar-refractivity contribution in [2.24, 2.45) is 5.92 Å². The number of unbranched alkanes of at least 4 members (excludes halogenated alkanes) is 2. The van der Waals surface area contributed by atoms with Gasteiger partial charge >= 0.3 is 6.09 Å². The normalized spacial score (nSPS) is 14.0. The molecule has 0 fully saturated rings. The van der Waals surface area contributed by atoms with E-state index in [1.165, 1.54) is 4.90 Å². The van der Waals surface area contributed by atoms with Gasteiger partial charge in [0.25, 0.3) is 0 Å². The van der Waals surface area contributed by atoms with Gasteiger partial charge in [-0.15, -0.1) is 0 Å². The first-order chi connectivity index (χ1) is 15.8. The molecule has 0 bridgehead atoms. The van der Waals surface area contributed by atoms with E-state index in [-0.39, 0.29) is 17.7 Å². The van der Waals surface area contributed by atoms with E-state index in [4.69, 9.17) is 4.74 Å². The maximum Gasteiger partial charge on any atom is 0.408 e. The van der Waals surface area contributed by atoms with Gasteiger partial charge in [0, 0.05) is 13.6 Å². The van der Waals surface area contributed by atoms with Crippen molar-refractivity contribution in [2.45, 2.75) is 98.8 Å². The van der Waals surface area contributed by atoms with Crippen molar-refractivity contribution in [1.29, 1.82) is 0 Å². The van der Waals surface area contributed by atoms with Crippen molar-refractivity contribution in [3.63, 3.8) is 0 Å². The first kappa shape index (κ1) is 29.5. The Hall–Kier alpha value is -2.57. The molecule has 1 aromatic carbocycles. The lowest BCUT2D eigenvalue weighted by Crippen LogP contribution is -2.54. The van der Waals surface area contributed by atoms with E-state index >= 15 is 0 Å². The number of nitrogens with one attached hydrogen (secondary N) is 2. The Morgan fingerprint density at radius 3 is 2.26 bits per heavy atom. The fourth-order valence-electron chi connectivity index (χ4n) is 3.81. The van der Waals surface area contributed by atoms with Crippen LogP contribution < -0.4 is 10.6 Å². The highest BCUT2D eigenvalue weighted by Gasteiger charge is 2.36. The van der Waals surface area contributed by atoms with E-state index in [2.05, 4.69) is 17.6 Å². The molecule has 3 amide bonds. The van der Waals surface area contributed by atoms with Crippen LogP contribution in [-0.4, -0.2) is 48.0 Å². The van der Waals surface area contributed by atoms with Crippen LogP contribution in [0.25, 0.3) is 0 Å². The monoisotopic (exact) mass is 475 g/mol. The first-order valence-electron chi connectivity index (χ1n) is 12.4. The summed E-state index contributed by atoms with van der Waals surface area (Å²) in [4.78, 5) is 41.0. The molecule has 1 rings (SSSR count). The third-order valence-electron chi connectivity index (χ3n) is 5.93. The van der Waals surface area contributed by atoms with Gasteiger partial charge in [-0.25, -0.2) is 4.79 Å². The summed E-state index contributed by atoms with van der Waals surface area (Å²) in [6.45, 7) is 15.8.